The Bertz CT molecular complexity index is 557. The van der Waals surface area contributed by atoms with E-state index in [2.05, 4.69) is 10.2 Å². The highest BCUT2D eigenvalue weighted by Crippen LogP contribution is 2.20. The molecule has 124 valence electrons. The van der Waals surface area contributed by atoms with E-state index in [1.165, 1.54) is 0 Å². The Morgan fingerprint density at radius 1 is 1.39 bits per heavy atom. The van der Waals surface area contributed by atoms with Crippen molar-refractivity contribution in [2.75, 3.05) is 6.54 Å². The lowest BCUT2D eigenvalue weighted by Gasteiger charge is -2.25. The number of likely N-dealkylation sites (tertiary alicyclic amines) is 1. The predicted octanol–water partition coefficient (Wildman–Crippen LogP) is 2.19. The second-order valence-corrected chi connectivity index (χ2v) is 5.82. The number of rotatable bonds is 7. The molecule has 1 fully saturated rings. The lowest BCUT2D eigenvalue weighted by atomic mass is 10.1. The number of nitrogens with zero attached hydrogens (tertiary/aromatic N) is 1. The van der Waals surface area contributed by atoms with E-state index in [1.54, 1.807) is 12.2 Å². The summed E-state index contributed by atoms with van der Waals surface area (Å²) in [4.78, 5) is 25.9. The van der Waals surface area contributed by atoms with Crippen LogP contribution in [0, 0.1) is 0 Å². The van der Waals surface area contributed by atoms with Crippen molar-refractivity contribution in [1.82, 2.24) is 10.2 Å². The number of allylic oxidation sites excluding steroid dienone is 1. The Morgan fingerprint density at radius 3 is 2.78 bits per heavy atom. The van der Waals surface area contributed by atoms with Gasteiger partial charge in [0.25, 0.3) is 0 Å². The number of benzene rings is 1. The van der Waals surface area contributed by atoms with Gasteiger partial charge >= 0.3 is 5.97 Å². The van der Waals surface area contributed by atoms with Gasteiger partial charge in [-0.25, -0.2) is 4.79 Å². The SMILES string of the molecule is C/C=C/CC(NC(=O)C1CCCN1Cc1ccccc1)C(=O)O. The molecule has 2 N–H and O–H groups in total. The van der Waals surface area contributed by atoms with Crippen molar-refractivity contribution in [3.8, 4) is 0 Å². The topological polar surface area (TPSA) is 69.6 Å². The van der Waals surface area contributed by atoms with E-state index in [9.17, 15) is 14.7 Å². The summed E-state index contributed by atoms with van der Waals surface area (Å²) in [6.45, 7) is 3.41. The third-order valence-corrected chi connectivity index (χ3v) is 4.12. The van der Waals surface area contributed by atoms with E-state index >= 15 is 0 Å². The van der Waals surface area contributed by atoms with E-state index in [1.807, 2.05) is 37.3 Å². The molecule has 1 aliphatic rings. The van der Waals surface area contributed by atoms with Crippen LogP contribution < -0.4 is 5.32 Å². The largest absolute Gasteiger partial charge is 0.480 e. The van der Waals surface area contributed by atoms with Crippen LogP contribution in [-0.2, 0) is 16.1 Å². The molecule has 5 heteroatoms. The maximum Gasteiger partial charge on any atom is 0.326 e. The Morgan fingerprint density at radius 2 is 2.13 bits per heavy atom. The number of hydrogen-bond donors (Lipinski definition) is 2. The molecule has 0 bridgehead atoms. The molecular weight excluding hydrogens is 292 g/mol. The van der Waals surface area contributed by atoms with Crippen molar-refractivity contribution >= 4 is 11.9 Å². The van der Waals surface area contributed by atoms with Crippen molar-refractivity contribution in [2.24, 2.45) is 0 Å². The quantitative estimate of drug-likeness (QED) is 0.757. The van der Waals surface area contributed by atoms with Crippen LogP contribution in [0.25, 0.3) is 0 Å². The average molecular weight is 316 g/mol. The summed E-state index contributed by atoms with van der Waals surface area (Å²) in [5.74, 6) is -1.18. The van der Waals surface area contributed by atoms with Crippen LogP contribution in [0.4, 0.5) is 0 Å². The van der Waals surface area contributed by atoms with Gasteiger partial charge in [0.05, 0.1) is 6.04 Å². The van der Waals surface area contributed by atoms with Crippen LogP contribution in [0.5, 0.6) is 0 Å². The second kappa shape index (κ2) is 8.48. The minimum Gasteiger partial charge on any atom is -0.480 e. The first-order chi connectivity index (χ1) is 11.1. The minimum atomic E-state index is -0.996. The number of hydrogen-bond acceptors (Lipinski definition) is 3. The maximum atomic E-state index is 12.5. The molecule has 2 rings (SSSR count). The van der Waals surface area contributed by atoms with Gasteiger partial charge in [0, 0.05) is 6.54 Å². The first kappa shape index (κ1) is 17.2. The monoisotopic (exact) mass is 316 g/mol. The summed E-state index contributed by atoms with van der Waals surface area (Å²) in [5.41, 5.74) is 1.16. The summed E-state index contributed by atoms with van der Waals surface area (Å²) < 4.78 is 0. The zero-order chi connectivity index (χ0) is 16.7. The van der Waals surface area contributed by atoms with Gasteiger partial charge in [-0.05, 0) is 38.3 Å². The van der Waals surface area contributed by atoms with Gasteiger partial charge in [-0.15, -0.1) is 0 Å². The third kappa shape index (κ3) is 4.93. The zero-order valence-electron chi connectivity index (χ0n) is 13.4. The molecular formula is C18H24N2O3. The predicted molar refractivity (Wildman–Crippen MR) is 88.9 cm³/mol. The molecule has 1 saturated heterocycles. The molecule has 1 amide bonds. The van der Waals surface area contributed by atoms with E-state index in [0.717, 1.165) is 24.9 Å². The highest BCUT2D eigenvalue weighted by Gasteiger charge is 2.32. The number of amides is 1. The molecule has 1 aromatic carbocycles. The van der Waals surface area contributed by atoms with E-state index in [-0.39, 0.29) is 11.9 Å². The fourth-order valence-electron chi connectivity index (χ4n) is 2.89. The molecule has 2 atom stereocenters. The lowest BCUT2D eigenvalue weighted by Crippen LogP contribution is -2.49. The van der Waals surface area contributed by atoms with Gasteiger partial charge in [-0.3, -0.25) is 9.69 Å². The molecule has 0 saturated carbocycles. The zero-order valence-corrected chi connectivity index (χ0v) is 13.4. The van der Waals surface area contributed by atoms with Crippen molar-refractivity contribution in [3.63, 3.8) is 0 Å². The first-order valence-corrected chi connectivity index (χ1v) is 8.04. The van der Waals surface area contributed by atoms with Gasteiger partial charge < -0.3 is 10.4 Å². The van der Waals surface area contributed by atoms with Crippen LogP contribution in [-0.4, -0.2) is 40.5 Å². The third-order valence-electron chi connectivity index (χ3n) is 4.12. The van der Waals surface area contributed by atoms with Crippen molar-refractivity contribution < 1.29 is 14.7 Å². The molecule has 0 aromatic heterocycles. The molecule has 0 aliphatic carbocycles. The molecule has 5 nitrogen and oxygen atoms in total. The number of nitrogens with one attached hydrogen (secondary N) is 1. The lowest BCUT2D eigenvalue weighted by molar-refractivity contribution is -0.142. The van der Waals surface area contributed by atoms with Gasteiger partial charge in [-0.1, -0.05) is 42.5 Å². The average Bonchev–Trinajstić information content (AvgIpc) is 3.00. The molecule has 2 unspecified atom stereocenters. The Hall–Kier alpha value is -2.14. The summed E-state index contributed by atoms with van der Waals surface area (Å²) in [6, 6.07) is 8.91. The van der Waals surface area contributed by atoms with Crippen molar-refractivity contribution in [3.05, 3.63) is 48.0 Å². The van der Waals surface area contributed by atoms with Crippen LogP contribution in [0.2, 0.25) is 0 Å². The molecule has 1 aromatic rings. The van der Waals surface area contributed by atoms with E-state index < -0.39 is 12.0 Å². The standard InChI is InChI=1S/C18H24N2O3/c1-2-3-10-15(18(22)23)19-17(21)16-11-7-12-20(16)13-14-8-5-4-6-9-14/h2-6,8-9,15-16H,7,10-13H2,1H3,(H,19,21)(H,22,23)/b3-2+. The van der Waals surface area contributed by atoms with Crippen LogP contribution in [0.15, 0.2) is 42.5 Å². The highest BCUT2D eigenvalue weighted by molar-refractivity contribution is 5.87. The number of carboxylic acid groups (broad SMARTS) is 1. The van der Waals surface area contributed by atoms with E-state index in [0.29, 0.717) is 13.0 Å². The van der Waals surface area contributed by atoms with Crippen LogP contribution in [0.3, 0.4) is 0 Å². The molecule has 23 heavy (non-hydrogen) atoms. The van der Waals surface area contributed by atoms with Gasteiger partial charge in [-0.2, -0.15) is 0 Å². The number of carboxylic acids is 1. The smallest absolute Gasteiger partial charge is 0.326 e. The van der Waals surface area contributed by atoms with Crippen molar-refractivity contribution in [2.45, 2.75) is 44.8 Å². The second-order valence-electron chi connectivity index (χ2n) is 5.82. The Balaban J connectivity index is 1.98. The Kier molecular flexibility index (Phi) is 6.35. The van der Waals surface area contributed by atoms with Gasteiger partial charge in [0.1, 0.15) is 6.04 Å². The van der Waals surface area contributed by atoms with Crippen LogP contribution >= 0.6 is 0 Å². The molecule has 0 radical (unpaired) electrons. The summed E-state index contributed by atoms with van der Waals surface area (Å²) in [6.07, 6.45) is 5.59. The fraction of sp³-hybridized carbons (Fsp3) is 0.444. The first-order valence-electron chi connectivity index (χ1n) is 8.04. The normalized spacial score (nSPS) is 19.8. The minimum absolute atomic E-state index is 0.185. The van der Waals surface area contributed by atoms with E-state index in [4.69, 9.17) is 0 Å². The summed E-state index contributed by atoms with van der Waals surface area (Å²) >= 11 is 0. The van der Waals surface area contributed by atoms with Gasteiger partial charge in [0.2, 0.25) is 5.91 Å². The fourth-order valence-corrected chi connectivity index (χ4v) is 2.89. The van der Waals surface area contributed by atoms with Crippen LogP contribution in [0.1, 0.15) is 31.7 Å². The molecule has 1 heterocycles. The summed E-state index contributed by atoms with van der Waals surface area (Å²) in [7, 11) is 0. The number of carbonyl (C=O) groups excluding carboxylic acids is 1. The Labute approximate surface area is 137 Å². The maximum absolute atomic E-state index is 12.5. The molecule has 0 spiro atoms. The van der Waals surface area contributed by atoms with Gasteiger partial charge in [0.15, 0.2) is 0 Å². The summed E-state index contributed by atoms with van der Waals surface area (Å²) in [5, 5.41) is 11.9. The number of carbonyl (C=O) groups is 2. The number of aliphatic carboxylic acids is 1. The van der Waals surface area contributed by atoms with Crippen molar-refractivity contribution in [1.29, 1.82) is 0 Å². The highest BCUT2D eigenvalue weighted by atomic mass is 16.4. The molecule has 1 aliphatic heterocycles.